The second-order valence-corrected chi connectivity index (χ2v) is 9.79. The van der Waals surface area contributed by atoms with Gasteiger partial charge in [0.2, 0.25) is 5.89 Å². The van der Waals surface area contributed by atoms with E-state index in [2.05, 4.69) is 81.3 Å². The Kier molecular flexibility index (Phi) is 5.07. The van der Waals surface area contributed by atoms with Crippen molar-refractivity contribution in [2.45, 2.75) is 0 Å². The van der Waals surface area contributed by atoms with Gasteiger partial charge in [0.1, 0.15) is 5.52 Å². The average molecular weight is 515 g/mol. The lowest BCUT2D eigenvalue weighted by atomic mass is 10.0. The van der Waals surface area contributed by atoms with Crippen LogP contribution >= 0.6 is 0 Å². The van der Waals surface area contributed by atoms with Crippen LogP contribution < -0.4 is 0 Å². The zero-order valence-corrected chi connectivity index (χ0v) is 21.4. The van der Waals surface area contributed by atoms with Gasteiger partial charge in [-0.1, -0.05) is 48.5 Å². The SMILES string of the molecule is c1ccc(-c2cccc(-n3c4ccc(-c5cccnc5)cc4c4ccc(-c5nc6ccccc6o5)cc43)c2)nc1. The molecule has 4 aromatic heterocycles. The molecular weight excluding hydrogens is 492 g/mol. The zero-order chi connectivity index (χ0) is 26.5. The van der Waals surface area contributed by atoms with Gasteiger partial charge in [0, 0.05) is 51.7 Å². The summed E-state index contributed by atoms with van der Waals surface area (Å²) in [6.07, 6.45) is 5.53. The Morgan fingerprint density at radius 1 is 0.575 bits per heavy atom. The fourth-order valence-electron chi connectivity index (χ4n) is 5.48. The highest BCUT2D eigenvalue weighted by molar-refractivity contribution is 6.11. The van der Waals surface area contributed by atoms with E-state index in [-0.39, 0.29) is 0 Å². The molecule has 0 amide bonds. The first kappa shape index (κ1) is 22.4. The number of aromatic nitrogens is 4. The van der Waals surface area contributed by atoms with Gasteiger partial charge in [-0.25, -0.2) is 4.98 Å². The predicted octanol–water partition coefficient (Wildman–Crippen LogP) is 8.72. The van der Waals surface area contributed by atoms with E-state index in [0.717, 1.165) is 61.2 Å². The highest BCUT2D eigenvalue weighted by Crippen LogP contribution is 2.37. The van der Waals surface area contributed by atoms with E-state index in [9.17, 15) is 0 Å². The number of hydrogen-bond acceptors (Lipinski definition) is 4. The first-order chi connectivity index (χ1) is 19.8. The lowest BCUT2D eigenvalue weighted by Gasteiger charge is -2.11. The van der Waals surface area contributed by atoms with Gasteiger partial charge in [-0.2, -0.15) is 0 Å². The number of fused-ring (bicyclic) bond motifs is 4. The van der Waals surface area contributed by atoms with Crippen molar-refractivity contribution in [3.8, 4) is 39.5 Å². The van der Waals surface area contributed by atoms with Gasteiger partial charge < -0.3 is 8.98 Å². The smallest absolute Gasteiger partial charge is 0.227 e. The summed E-state index contributed by atoms with van der Waals surface area (Å²) in [4.78, 5) is 13.7. The largest absolute Gasteiger partial charge is 0.436 e. The predicted molar refractivity (Wildman–Crippen MR) is 160 cm³/mol. The minimum absolute atomic E-state index is 0.609. The monoisotopic (exact) mass is 514 g/mol. The highest BCUT2D eigenvalue weighted by Gasteiger charge is 2.17. The van der Waals surface area contributed by atoms with Gasteiger partial charge in [0.25, 0.3) is 0 Å². The number of oxazole rings is 1. The topological polar surface area (TPSA) is 56.7 Å². The minimum Gasteiger partial charge on any atom is -0.436 e. The third-order valence-electron chi connectivity index (χ3n) is 7.37. The van der Waals surface area contributed by atoms with Crippen molar-refractivity contribution < 1.29 is 4.42 Å². The molecule has 0 spiro atoms. The van der Waals surface area contributed by atoms with Crippen LogP contribution in [0.15, 0.2) is 138 Å². The summed E-state index contributed by atoms with van der Waals surface area (Å²) >= 11 is 0. The summed E-state index contributed by atoms with van der Waals surface area (Å²) in [5, 5.41) is 2.33. The van der Waals surface area contributed by atoms with Crippen LogP contribution in [0, 0.1) is 0 Å². The van der Waals surface area contributed by atoms with Crippen molar-refractivity contribution in [1.82, 2.24) is 19.5 Å². The normalized spacial score (nSPS) is 11.5. The second-order valence-electron chi connectivity index (χ2n) is 9.79. The highest BCUT2D eigenvalue weighted by atomic mass is 16.3. The molecule has 0 saturated heterocycles. The van der Waals surface area contributed by atoms with E-state index >= 15 is 0 Å². The van der Waals surface area contributed by atoms with E-state index in [4.69, 9.17) is 9.40 Å². The van der Waals surface area contributed by atoms with Crippen molar-refractivity contribution in [2.24, 2.45) is 0 Å². The number of para-hydroxylation sites is 2. The molecule has 0 atom stereocenters. The van der Waals surface area contributed by atoms with E-state index < -0.39 is 0 Å². The molecule has 4 aromatic carbocycles. The molecule has 4 heterocycles. The molecule has 0 bridgehead atoms. The molecule has 188 valence electrons. The molecule has 0 aliphatic carbocycles. The number of hydrogen-bond donors (Lipinski definition) is 0. The average Bonchev–Trinajstić information content (AvgIpc) is 3.61. The first-order valence-electron chi connectivity index (χ1n) is 13.2. The van der Waals surface area contributed by atoms with Crippen LogP contribution in [0.4, 0.5) is 0 Å². The van der Waals surface area contributed by atoms with Crippen LogP contribution in [0.3, 0.4) is 0 Å². The fourth-order valence-corrected chi connectivity index (χ4v) is 5.48. The van der Waals surface area contributed by atoms with Gasteiger partial charge in [0.05, 0.1) is 16.7 Å². The minimum atomic E-state index is 0.609. The Hall–Kier alpha value is -5.55. The number of nitrogens with zero attached hydrogens (tertiary/aromatic N) is 4. The third kappa shape index (κ3) is 3.68. The van der Waals surface area contributed by atoms with E-state index in [1.54, 1.807) is 6.20 Å². The Labute approximate surface area is 230 Å². The molecule has 0 unspecified atom stereocenters. The van der Waals surface area contributed by atoms with E-state index in [1.807, 2.05) is 60.9 Å². The quantitative estimate of drug-likeness (QED) is 0.236. The maximum atomic E-state index is 6.14. The molecule has 40 heavy (non-hydrogen) atoms. The van der Waals surface area contributed by atoms with Crippen LogP contribution in [-0.2, 0) is 0 Å². The zero-order valence-electron chi connectivity index (χ0n) is 21.4. The van der Waals surface area contributed by atoms with Gasteiger partial charge in [0.15, 0.2) is 5.58 Å². The summed E-state index contributed by atoms with van der Waals surface area (Å²) in [7, 11) is 0. The molecule has 0 aliphatic heterocycles. The maximum Gasteiger partial charge on any atom is 0.227 e. The summed E-state index contributed by atoms with van der Waals surface area (Å²) in [5.74, 6) is 0.609. The number of benzene rings is 4. The molecular formula is C35H22N4O. The second kappa shape index (κ2) is 9.03. The fraction of sp³-hybridized carbons (Fsp3) is 0. The van der Waals surface area contributed by atoms with E-state index in [0.29, 0.717) is 5.89 Å². The molecule has 0 radical (unpaired) electrons. The van der Waals surface area contributed by atoms with Crippen LogP contribution in [0.5, 0.6) is 0 Å². The molecule has 5 heteroatoms. The van der Waals surface area contributed by atoms with Crippen LogP contribution in [0.1, 0.15) is 0 Å². The molecule has 8 rings (SSSR count). The summed E-state index contributed by atoms with van der Waals surface area (Å²) in [6.45, 7) is 0. The lowest BCUT2D eigenvalue weighted by molar-refractivity contribution is 0.620. The third-order valence-corrected chi connectivity index (χ3v) is 7.37. The van der Waals surface area contributed by atoms with Crippen molar-refractivity contribution in [3.05, 3.63) is 134 Å². The first-order valence-corrected chi connectivity index (χ1v) is 13.2. The van der Waals surface area contributed by atoms with Gasteiger partial charge >= 0.3 is 0 Å². The van der Waals surface area contributed by atoms with Gasteiger partial charge in [-0.05, 0) is 72.3 Å². The van der Waals surface area contributed by atoms with Crippen molar-refractivity contribution in [2.75, 3.05) is 0 Å². The standard InChI is InChI=1S/C35H22N4O/c1-2-12-34-31(11-1)38-35(40-34)25-13-15-28-29-20-23(26-8-6-17-36-22-26)14-16-32(29)39(33(28)21-25)27-9-5-7-24(19-27)30-10-3-4-18-37-30/h1-22H. The van der Waals surface area contributed by atoms with Crippen LogP contribution in [0.2, 0.25) is 0 Å². The van der Waals surface area contributed by atoms with Crippen LogP contribution in [-0.4, -0.2) is 19.5 Å². The lowest BCUT2D eigenvalue weighted by Crippen LogP contribution is -1.95. The molecule has 0 fully saturated rings. The Balaban J connectivity index is 1.39. The van der Waals surface area contributed by atoms with Gasteiger partial charge in [-0.15, -0.1) is 0 Å². The van der Waals surface area contributed by atoms with Gasteiger partial charge in [-0.3, -0.25) is 9.97 Å². The summed E-state index contributed by atoms with van der Waals surface area (Å²) < 4.78 is 8.46. The Bertz CT molecular complexity index is 2130. The summed E-state index contributed by atoms with van der Waals surface area (Å²) in [5.41, 5.74) is 10.0. The summed E-state index contributed by atoms with van der Waals surface area (Å²) in [6, 6.07) is 39.5. The number of rotatable bonds is 4. The molecule has 8 aromatic rings. The number of pyridine rings is 2. The Morgan fingerprint density at radius 3 is 2.35 bits per heavy atom. The van der Waals surface area contributed by atoms with Crippen molar-refractivity contribution >= 4 is 32.9 Å². The van der Waals surface area contributed by atoms with Crippen molar-refractivity contribution in [3.63, 3.8) is 0 Å². The Morgan fingerprint density at radius 2 is 1.48 bits per heavy atom. The molecule has 5 nitrogen and oxygen atoms in total. The van der Waals surface area contributed by atoms with Crippen LogP contribution in [0.25, 0.3) is 72.4 Å². The molecule has 0 N–H and O–H groups in total. The maximum absolute atomic E-state index is 6.14. The molecule has 0 saturated carbocycles. The van der Waals surface area contributed by atoms with Crippen molar-refractivity contribution in [1.29, 1.82) is 0 Å². The van der Waals surface area contributed by atoms with E-state index in [1.165, 1.54) is 5.39 Å². The molecule has 0 aliphatic rings.